The molecule has 0 radical (unpaired) electrons. The summed E-state index contributed by atoms with van der Waals surface area (Å²) in [7, 11) is 0. The number of oxime groups is 1. The first-order valence-corrected chi connectivity index (χ1v) is 2.52. The van der Waals surface area contributed by atoms with E-state index in [1.165, 1.54) is 6.21 Å². The molecule has 48 valence electrons. The van der Waals surface area contributed by atoms with Crippen molar-refractivity contribution in [3.8, 4) is 0 Å². The van der Waals surface area contributed by atoms with Crippen molar-refractivity contribution < 1.29 is 14.4 Å². The molecule has 1 rings (SSSR count). The maximum atomic E-state index is 10.5. The van der Waals surface area contributed by atoms with Crippen molar-refractivity contribution >= 4 is 18.0 Å². The molecule has 4 heteroatoms. The molecule has 0 aromatic rings. The highest BCUT2D eigenvalue weighted by molar-refractivity contribution is 6.02. The van der Waals surface area contributed by atoms with Crippen molar-refractivity contribution in [2.24, 2.45) is 5.16 Å². The third kappa shape index (κ3) is 1.64. The predicted octanol–water partition coefficient (Wildman–Crippen LogP) is -0.122. The molecule has 0 aromatic heterocycles. The van der Waals surface area contributed by atoms with Gasteiger partial charge in [-0.2, -0.15) is 0 Å². The van der Waals surface area contributed by atoms with E-state index >= 15 is 0 Å². The fourth-order valence-corrected chi connectivity index (χ4v) is 0.501. The summed E-state index contributed by atoms with van der Waals surface area (Å²) in [5, 5.41) is 3.21. The Morgan fingerprint density at radius 1 is 1.56 bits per heavy atom. The smallest absolute Gasteiger partial charge is 0.318 e. The van der Waals surface area contributed by atoms with E-state index in [2.05, 4.69) is 9.99 Å². The van der Waals surface area contributed by atoms with Gasteiger partial charge in [-0.25, -0.2) is 4.79 Å². The first-order chi connectivity index (χ1) is 4.29. The normalized spacial score (nSPS) is 19.1. The van der Waals surface area contributed by atoms with Crippen molar-refractivity contribution in [2.45, 2.75) is 12.8 Å². The summed E-state index contributed by atoms with van der Waals surface area (Å²) in [4.78, 5) is 25.0. The van der Waals surface area contributed by atoms with Crippen molar-refractivity contribution in [1.29, 1.82) is 0 Å². The zero-order valence-electron chi connectivity index (χ0n) is 4.66. The fourth-order valence-electron chi connectivity index (χ4n) is 0.501. The lowest BCUT2D eigenvalue weighted by Gasteiger charge is -1.87. The number of carbonyl (C=O) groups is 2. The minimum absolute atomic E-state index is 0.152. The van der Waals surface area contributed by atoms with E-state index in [-0.39, 0.29) is 18.6 Å². The van der Waals surface area contributed by atoms with Gasteiger partial charge in [0.1, 0.15) is 12.2 Å². The molecule has 0 aromatic carbocycles. The highest BCUT2D eigenvalue weighted by Crippen LogP contribution is 1.96. The van der Waals surface area contributed by atoms with Crippen LogP contribution in [0.2, 0.25) is 0 Å². The maximum Gasteiger partial charge on any atom is 0.342 e. The maximum absolute atomic E-state index is 10.5. The monoisotopic (exact) mass is 127 g/mol. The summed E-state index contributed by atoms with van der Waals surface area (Å²) in [6, 6.07) is 0. The summed E-state index contributed by atoms with van der Waals surface area (Å²) < 4.78 is 0. The second kappa shape index (κ2) is 2.39. The molecule has 9 heavy (non-hydrogen) atoms. The molecule has 0 saturated heterocycles. The highest BCUT2D eigenvalue weighted by atomic mass is 16.7. The van der Waals surface area contributed by atoms with Gasteiger partial charge in [0.25, 0.3) is 0 Å². The van der Waals surface area contributed by atoms with Crippen molar-refractivity contribution in [2.75, 3.05) is 0 Å². The van der Waals surface area contributed by atoms with Gasteiger partial charge < -0.3 is 4.84 Å². The lowest BCUT2D eigenvalue weighted by Crippen LogP contribution is -2.04. The number of ketones is 1. The van der Waals surface area contributed by atoms with Crippen LogP contribution in [0.3, 0.4) is 0 Å². The van der Waals surface area contributed by atoms with E-state index in [1.54, 1.807) is 0 Å². The molecule has 0 atom stereocenters. The molecule has 0 spiro atoms. The lowest BCUT2D eigenvalue weighted by molar-refractivity contribution is -0.145. The molecule has 1 heterocycles. The number of rotatable bonds is 0. The van der Waals surface area contributed by atoms with E-state index in [1.807, 2.05) is 0 Å². The summed E-state index contributed by atoms with van der Waals surface area (Å²) >= 11 is 0. The minimum atomic E-state index is -0.575. The highest BCUT2D eigenvalue weighted by Gasteiger charge is 2.12. The van der Waals surface area contributed by atoms with Crippen LogP contribution < -0.4 is 0 Å². The average Bonchev–Trinajstić information content (AvgIpc) is 1.93. The summed E-state index contributed by atoms with van der Waals surface area (Å²) in [6.07, 6.45) is 1.33. The van der Waals surface area contributed by atoms with Crippen LogP contribution in [0.25, 0.3) is 0 Å². The van der Waals surface area contributed by atoms with Gasteiger partial charge in [0.2, 0.25) is 0 Å². The second-order valence-corrected chi connectivity index (χ2v) is 1.67. The fraction of sp³-hybridized carbons (Fsp3) is 0.400. The first-order valence-electron chi connectivity index (χ1n) is 2.52. The van der Waals surface area contributed by atoms with Crippen molar-refractivity contribution in [3.05, 3.63) is 0 Å². The molecule has 4 nitrogen and oxygen atoms in total. The van der Waals surface area contributed by atoms with E-state index in [0.717, 1.165) is 0 Å². The topological polar surface area (TPSA) is 55.7 Å². The van der Waals surface area contributed by atoms with E-state index in [4.69, 9.17) is 0 Å². The van der Waals surface area contributed by atoms with Crippen LogP contribution in [-0.4, -0.2) is 18.0 Å². The Labute approximate surface area is 51.5 Å². The molecule has 0 bridgehead atoms. The molecule has 1 aliphatic rings. The van der Waals surface area contributed by atoms with Crippen molar-refractivity contribution in [1.82, 2.24) is 0 Å². The summed E-state index contributed by atoms with van der Waals surface area (Å²) in [6.45, 7) is 0. The van der Waals surface area contributed by atoms with Gasteiger partial charge in [0.15, 0.2) is 0 Å². The van der Waals surface area contributed by atoms with Gasteiger partial charge in [-0.15, -0.1) is 0 Å². The third-order valence-corrected chi connectivity index (χ3v) is 0.890. The van der Waals surface area contributed by atoms with Gasteiger partial charge in [0.05, 0.1) is 6.21 Å². The zero-order valence-corrected chi connectivity index (χ0v) is 4.66. The Morgan fingerprint density at radius 3 is 3.11 bits per heavy atom. The Kier molecular flexibility index (Phi) is 1.58. The average molecular weight is 127 g/mol. The summed E-state index contributed by atoms with van der Waals surface area (Å²) in [5.41, 5.74) is 0. The van der Waals surface area contributed by atoms with Crippen LogP contribution >= 0.6 is 0 Å². The molecule has 0 fully saturated rings. The van der Waals surface area contributed by atoms with E-state index < -0.39 is 5.97 Å². The lowest BCUT2D eigenvalue weighted by atomic mass is 10.2. The summed E-state index contributed by atoms with van der Waals surface area (Å²) in [5.74, 6) is -0.727. The second-order valence-electron chi connectivity index (χ2n) is 1.67. The van der Waals surface area contributed by atoms with E-state index in [0.29, 0.717) is 0 Å². The van der Waals surface area contributed by atoms with Crippen LogP contribution in [0.15, 0.2) is 5.16 Å². The Balaban J connectivity index is 2.60. The van der Waals surface area contributed by atoms with Gasteiger partial charge in [-0.1, -0.05) is 5.16 Å². The predicted molar refractivity (Wildman–Crippen MR) is 28.8 cm³/mol. The minimum Gasteiger partial charge on any atom is -0.318 e. The molecule has 0 unspecified atom stereocenters. The Hall–Kier alpha value is -1.19. The quantitative estimate of drug-likeness (QED) is 0.336. The van der Waals surface area contributed by atoms with Crippen LogP contribution in [-0.2, 0) is 14.4 Å². The Bertz CT molecular complexity index is 155. The van der Waals surface area contributed by atoms with Gasteiger partial charge in [-0.05, 0) is 0 Å². The molecule has 0 aliphatic carbocycles. The van der Waals surface area contributed by atoms with Crippen LogP contribution in [0.5, 0.6) is 0 Å². The molecule has 0 N–H and O–H groups in total. The molecular weight excluding hydrogens is 122 g/mol. The third-order valence-electron chi connectivity index (χ3n) is 0.890. The van der Waals surface area contributed by atoms with E-state index in [9.17, 15) is 9.59 Å². The molecule has 0 saturated carbocycles. The zero-order chi connectivity index (χ0) is 6.69. The standard InChI is InChI=1S/C5H5NO3/c7-4-1-2-6-9-5(8)3-4/h2H,1,3H2. The van der Waals surface area contributed by atoms with Crippen LogP contribution in [0, 0.1) is 0 Å². The Morgan fingerprint density at radius 2 is 2.33 bits per heavy atom. The number of Topliss-reactive ketones (excluding diaryl/α,β-unsaturated/α-hetero) is 1. The molecule has 1 aliphatic heterocycles. The SMILES string of the molecule is O=C1CC=NOC(=O)C1. The first kappa shape index (κ1) is 5.94. The number of carbonyl (C=O) groups excluding carboxylic acids is 2. The number of hydrogen-bond acceptors (Lipinski definition) is 4. The van der Waals surface area contributed by atoms with Crippen LogP contribution in [0.1, 0.15) is 12.8 Å². The molecular formula is C5H5NO3. The van der Waals surface area contributed by atoms with Crippen molar-refractivity contribution in [3.63, 3.8) is 0 Å². The van der Waals surface area contributed by atoms with Gasteiger partial charge in [-0.3, -0.25) is 4.79 Å². The molecule has 0 amide bonds. The van der Waals surface area contributed by atoms with Gasteiger partial charge >= 0.3 is 5.97 Å². The van der Waals surface area contributed by atoms with Crippen LogP contribution in [0.4, 0.5) is 0 Å². The number of nitrogens with zero attached hydrogens (tertiary/aromatic N) is 1. The largest absolute Gasteiger partial charge is 0.342 e. The van der Waals surface area contributed by atoms with Gasteiger partial charge in [0, 0.05) is 6.42 Å². The number of hydrogen-bond donors (Lipinski definition) is 0.